The largest absolute Gasteiger partial charge is 0.373 e. The molecule has 1 fully saturated rings. The Morgan fingerprint density at radius 1 is 1.53 bits per heavy atom. The highest BCUT2D eigenvalue weighted by atomic mass is 16.5. The molecule has 6 nitrogen and oxygen atoms in total. The predicted molar refractivity (Wildman–Crippen MR) is 75.2 cm³/mol. The van der Waals surface area contributed by atoms with Gasteiger partial charge in [0.25, 0.3) is 0 Å². The van der Waals surface area contributed by atoms with Crippen LogP contribution in [0.1, 0.15) is 32.0 Å². The number of aromatic nitrogens is 3. The van der Waals surface area contributed by atoms with Crippen LogP contribution in [0.2, 0.25) is 0 Å². The Hall–Kier alpha value is -1.14. The van der Waals surface area contributed by atoms with Crippen molar-refractivity contribution in [3.63, 3.8) is 0 Å². The molecule has 1 unspecified atom stereocenters. The minimum Gasteiger partial charge on any atom is -0.373 e. The third-order valence-electron chi connectivity index (χ3n) is 3.40. The first-order valence-corrected chi connectivity index (χ1v) is 7.22. The van der Waals surface area contributed by atoms with E-state index in [-0.39, 0.29) is 0 Å². The van der Waals surface area contributed by atoms with Crippen molar-refractivity contribution in [3.8, 4) is 0 Å². The average Bonchev–Trinajstić information content (AvgIpc) is 2.89. The molecule has 2 N–H and O–H groups in total. The smallest absolute Gasteiger partial charge is 0.244 e. The van der Waals surface area contributed by atoms with Crippen LogP contribution < -0.4 is 10.2 Å². The summed E-state index contributed by atoms with van der Waals surface area (Å²) < 4.78 is 5.47. The Kier molecular flexibility index (Phi) is 5.60. The highest BCUT2D eigenvalue weighted by Gasteiger charge is 2.22. The van der Waals surface area contributed by atoms with Crippen molar-refractivity contribution in [3.05, 3.63) is 5.82 Å². The van der Waals surface area contributed by atoms with Crippen molar-refractivity contribution in [1.29, 1.82) is 0 Å². The zero-order valence-electron chi connectivity index (χ0n) is 12.0. The number of piperidine rings is 1. The van der Waals surface area contributed by atoms with Gasteiger partial charge in [-0.1, -0.05) is 6.92 Å². The Labute approximate surface area is 114 Å². The lowest BCUT2D eigenvalue weighted by atomic mass is 9.98. The summed E-state index contributed by atoms with van der Waals surface area (Å²) in [6.07, 6.45) is 3.52. The molecule has 0 aromatic carbocycles. The van der Waals surface area contributed by atoms with Gasteiger partial charge in [0, 0.05) is 19.7 Å². The fourth-order valence-electron chi connectivity index (χ4n) is 2.51. The lowest BCUT2D eigenvalue weighted by molar-refractivity contribution is 0.116. The molecule has 1 aromatic heterocycles. The van der Waals surface area contributed by atoms with Gasteiger partial charge >= 0.3 is 0 Å². The molecule has 108 valence electrons. The Morgan fingerprint density at radius 2 is 2.42 bits per heavy atom. The lowest BCUT2D eigenvalue weighted by Crippen LogP contribution is -2.39. The second-order valence-electron chi connectivity index (χ2n) is 5.15. The van der Waals surface area contributed by atoms with Crippen molar-refractivity contribution in [1.82, 2.24) is 20.5 Å². The molecule has 2 heterocycles. The van der Waals surface area contributed by atoms with E-state index in [1.165, 1.54) is 12.8 Å². The fraction of sp³-hybridized carbons (Fsp3) is 0.846. The van der Waals surface area contributed by atoms with Crippen LogP contribution in [0.5, 0.6) is 0 Å². The first-order valence-electron chi connectivity index (χ1n) is 7.22. The summed E-state index contributed by atoms with van der Waals surface area (Å²) >= 11 is 0. The molecule has 0 amide bonds. The Balaban J connectivity index is 1.86. The highest BCUT2D eigenvalue weighted by molar-refractivity contribution is 5.29. The number of ether oxygens (including phenoxy) is 1. The van der Waals surface area contributed by atoms with Crippen molar-refractivity contribution in [2.24, 2.45) is 5.92 Å². The van der Waals surface area contributed by atoms with Gasteiger partial charge in [0.15, 0.2) is 5.82 Å². The molecule has 2 rings (SSSR count). The number of rotatable bonds is 7. The van der Waals surface area contributed by atoms with E-state index in [9.17, 15) is 0 Å². The Bertz CT molecular complexity index is 366. The van der Waals surface area contributed by atoms with Gasteiger partial charge in [-0.25, -0.2) is 0 Å². The minimum absolute atomic E-state index is 0.522. The number of hydrogen-bond acceptors (Lipinski definition) is 5. The first-order chi connectivity index (χ1) is 9.33. The van der Waals surface area contributed by atoms with E-state index in [1.54, 1.807) is 0 Å². The molecule has 6 heteroatoms. The summed E-state index contributed by atoms with van der Waals surface area (Å²) in [5.41, 5.74) is 0. The number of H-pyrrole nitrogens is 1. The molecule has 0 saturated carbocycles. The van der Waals surface area contributed by atoms with E-state index < -0.39 is 0 Å². The monoisotopic (exact) mass is 267 g/mol. The van der Waals surface area contributed by atoms with Crippen molar-refractivity contribution in [2.75, 3.05) is 38.2 Å². The molecule has 0 spiro atoms. The highest BCUT2D eigenvalue weighted by Crippen LogP contribution is 2.19. The van der Waals surface area contributed by atoms with Gasteiger partial charge in [-0.2, -0.15) is 4.98 Å². The van der Waals surface area contributed by atoms with Gasteiger partial charge < -0.3 is 15.0 Å². The van der Waals surface area contributed by atoms with Gasteiger partial charge in [0.2, 0.25) is 5.95 Å². The molecule has 1 aliphatic heterocycles. The molecular weight excluding hydrogens is 242 g/mol. The zero-order valence-corrected chi connectivity index (χ0v) is 12.0. The van der Waals surface area contributed by atoms with Crippen LogP contribution >= 0.6 is 0 Å². The number of anilines is 1. The van der Waals surface area contributed by atoms with Crippen LogP contribution in [0, 0.1) is 5.92 Å². The molecule has 1 atom stereocenters. The second-order valence-corrected chi connectivity index (χ2v) is 5.15. The van der Waals surface area contributed by atoms with Crippen LogP contribution in [0.3, 0.4) is 0 Å². The standard InChI is InChI=1S/C13H25N5O/c1-3-7-19-10-12-15-13(17-16-12)18-6-4-5-11(9-18)8-14-2/h11,14H,3-10H2,1-2H3,(H,15,16,17). The molecule has 1 aliphatic rings. The van der Waals surface area contributed by atoms with Gasteiger partial charge in [0.1, 0.15) is 6.61 Å². The van der Waals surface area contributed by atoms with E-state index in [0.717, 1.165) is 44.4 Å². The molecule has 0 aliphatic carbocycles. The maximum atomic E-state index is 5.47. The maximum absolute atomic E-state index is 5.47. The van der Waals surface area contributed by atoms with Crippen molar-refractivity contribution in [2.45, 2.75) is 32.8 Å². The summed E-state index contributed by atoms with van der Waals surface area (Å²) in [4.78, 5) is 6.78. The zero-order chi connectivity index (χ0) is 13.5. The summed E-state index contributed by atoms with van der Waals surface area (Å²) in [6.45, 7) is 6.54. The first kappa shape index (κ1) is 14.3. The van der Waals surface area contributed by atoms with Gasteiger partial charge in [0.05, 0.1) is 0 Å². The third-order valence-corrected chi connectivity index (χ3v) is 3.40. The minimum atomic E-state index is 0.522. The van der Waals surface area contributed by atoms with Gasteiger partial charge in [-0.3, -0.25) is 5.10 Å². The Morgan fingerprint density at radius 3 is 3.21 bits per heavy atom. The van der Waals surface area contributed by atoms with Crippen molar-refractivity contribution >= 4 is 5.95 Å². The summed E-state index contributed by atoms with van der Waals surface area (Å²) in [6, 6.07) is 0. The molecule has 19 heavy (non-hydrogen) atoms. The van der Waals surface area contributed by atoms with Gasteiger partial charge in [-0.15, -0.1) is 5.10 Å². The maximum Gasteiger partial charge on any atom is 0.244 e. The van der Waals surface area contributed by atoms with E-state index in [4.69, 9.17) is 4.74 Å². The van der Waals surface area contributed by atoms with E-state index in [0.29, 0.717) is 12.5 Å². The third kappa shape index (κ3) is 4.18. The molecular formula is C13H25N5O. The van der Waals surface area contributed by atoms with Gasteiger partial charge in [-0.05, 0) is 38.8 Å². The average molecular weight is 267 g/mol. The SMILES string of the molecule is CCCOCc1nc(N2CCCC(CNC)C2)n[nH]1. The summed E-state index contributed by atoms with van der Waals surface area (Å²) in [5, 5.41) is 10.5. The topological polar surface area (TPSA) is 66.1 Å². The lowest BCUT2D eigenvalue weighted by Gasteiger charge is -2.31. The normalized spacial score (nSPS) is 19.9. The number of aromatic amines is 1. The fourth-order valence-corrected chi connectivity index (χ4v) is 2.51. The van der Waals surface area contributed by atoms with E-state index >= 15 is 0 Å². The molecule has 1 saturated heterocycles. The summed E-state index contributed by atoms with van der Waals surface area (Å²) in [7, 11) is 2.01. The molecule has 0 radical (unpaired) electrons. The van der Waals surface area contributed by atoms with Crippen LogP contribution in [-0.4, -0.2) is 48.5 Å². The van der Waals surface area contributed by atoms with Crippen LogP contribution in [-0.2, 0) is 11.3 Å². The predicted octanol–water partition coefficient (Wildman–Crippen LogP) is 1.17. The number of hydrogen-bond donors (Lipinski definition) is 2. The number of nitrogens with zero attached hydrogens (tertiary/aromatic N) is 3. The van der Waals surface area contributed by atoms with Crippen LogP contribution in [0.15, 0.2) is 0 Å². The van der Waals surface area contributed by atoms with E-state index in [2.05, 4.69) is 32.3 Å². The molecule has 0 bridgehead atoms. The molecule has 1 aromatic rings. The van der Waals surface area contributed by atoms with Crippen LogP contribution in [0.25, 0.3) is 0 Å². The number of nitrogens with one attached hydrogen (secondary N) is 2. The van der Waals surface area contributed by atoms with Crippen LogP contribution in [0.4, 0.5) is 5.95 Å². The second kappa shape index (κ2) is 7.45. The quantitative estimate of drug-likeness (QED) is 0.726. The van der Waals surface area contributed by atoms with Crippen molar-refractivity contribution < 1.29 is 4.74 Å². The summed E-state index contributed by atoms with van der Waals surface area (Å²) in [5.74, 6) is 2.33. The van der Waals surface area contributed by atoms with E-state index in [1.807, 2.05) is 7.05 Å².